The molecule has 2 aliphatic rings. The fraction of sp³-hybridized carbons (Fsp3) is 0.538. The Morgan fingerprint density at radius 3 is 2.31 bits per heavy atom. The van der Waals surface area contributed by atoms with E-state index in [1.54, 1.807) is 0 Å². The minimum atomic E-state index is -1.40. The van der Waals surface area contributed by atoms with Gasteiger partial charge in [-0.1, -0.05) is 37.3 Å². The minimum absolute atomic E-state index is 0.0939. The fourth-order valence-corrected chi connectivity index (χ4v) is 6.63. The van der Waals surface area contributed by atoms with Gasteiger partial charge < -0.3 is 15.5 Å². The highest BCUT2D eigenvalue weighted by atomic mass is 32.1. The molecule has 2 fully saturated rings. The second kappa shape index (κ2) is 9.36. The summed E-state index contributed by atoms with van der Waals surface area (Å²) in [5, 5.41) is 23.1. The van der Waals surface area contributed by atoms with Crippen LogP contribution >= 0.6 is 11.3 Å². The zero-order valence-electron chi connectivity index (χ0n) is 19.8. The van der Waals surface area contributed by atoms with E-state index in [0.717, 1.165) is 41.7 Å². The van der Waals surface area contributed by atoms with Gasteiger partial charge in [0, 0.05) is 4.88 Å². The van der Waals surface area contributed by atoms with Gasteiger partial charge in [-0.3, -0.25) is 4.79 Å². The number of thiophene rings is 1. The van der Waals surface area contributed by atoms with E-state index in [4.69, 9.17) is 1.37 Å². The monoisotopic (exact) mass is 456 g/mol. The number of rotatable bonds is 5. The lowest BCUT2D eigenvalue weighted by atomic mass is 9.59. The van der Waals surface area contributed by atoms with Gasteiger partial charge in [0.1, 0.15) is 4.88 Å². The van der Waals surface area contributed by atoms with E-state index >= 15 is 0 Å². The molecule has 0 saturated heterocycles. The molecule has 0 atom stereocenters. The van der Waals surface area contributed by atoms with Crippen molar-refractivity contribution in [2.45, 2.75) is 71.3 Å². The summed E-state index contributed by atoms with van der Waals surface area (Å²) in [5.74, 6) is -0.483. The van der Waals surface area contributed by atoms with E-state index in [9.17, 15) is 19.8 Å². The molecule has 0 radical (unpaired) electrons. The first kappa shape index (κ1) is 21.7. The number of benzene rings is 1. The van der Waals surface area contributed by atoms with Gasteiger partial charge >= 0.3 is 5.97 Å². The third-order valence-corrected chi connectivity index (χ3v) is 8.91. The second-order valence-corrected chi connectivity index (χ2v) is 10.6. The largest absolute Gasteiger partial charge is 0.477 e. The van der Waals surface area contributed by atoms with Crippen LogP contribution in [0.3, 0.4) is 0 Å². The van der Waals surface area contributed by atoms with Crippen molar-refractivity contribution in [3.05, 3.63) is 40.8 Å². The molecule has 5 nitrogen and oxygen atoms in total. The molecule has 32 heavy (non-hydrogen) atoms. The highest BCUT2D eigenvalue weighted by Gasteiger charge is 2.48. The Kier molecular flexibility index (Phi) is 6.33. The smallest absolute Gasteiger partial charge is 0.348 e. The van der Waals surface area contributed by atoms with Crippen LogP contribution in [0, 0.1) is 24.2 Å². The molecule has 3 N–H and O–H groups in total. The molecule has 2 saturated carbocycles. The van der Waals surface area contributed by atoms with Crippen molar-refractivity contribution >= 4 is 28.9 Å². The van der Waals surface area contributed by atoms with Crippen molar-refractivity contribution in [2.24, 2.45) is 17.3 Å². The van der Waals surface area contributed by atoms with Crippen LogP contribution in [0.5, 0.6) is 0 Å². The number of aliphatic hydroxyl groups is 1. The zero-order valence-corrected chi connectivity index (χ0v) is 19.6. The molecule has 172 valence electrons. The maximum absolute atomic E-state index is 13.9. The summed E-state index contributed by atoms with van der Waals surface area (Å²) in [4.78, 5) is 27.0. The van der Waals surface area contributed by atoms with Gasteiger partial charge in [0.25, 0.3) is 0 Å². The van der Waals surface area contributed by atoms with Crippen LogP contribution in [-0.4, -0.2) is 28.2 Å². The van der Waals surface area contributed by atoms with Crippen LogP contribution in [0.2, 0.25) is 0 Å². The predicted octanol–water partition coefficient (Wildman–Crippen LogP) is 6.11. The molecule has 4 rings (SSSR count). The predicted molar refractivity (Wildman–Crippen MR) is 128 cm³/mol. The second-order valence-electron chi connectivity index (χ2n) is 9.56. The molecule has 1 aromatic heterocycles. The summed E-state index contributed by atoms with van der Waals surface area (Å²) < 4.78 is 7.99. The highest BCUT2D eigenvalue weighted by Crippen LogP contribution is 2.51. The average Bonchev–Trinajstić information content (AvgIpc) is 3.11. The maximum Gasteiger partial charge on any atom is 0.348 e. The Labute approximate surface area is 195 Å². The molecule has 1 aromatic carbocycles. The number of carbonyl (C=O) groups is 2. The zero-order chi connectivity index (χ0) is 23.8. The normalized spacial score (nSPS) is 31.0. The lowest BCUT2D eigenvalue weighted by Crippen LogP contribution is -2.46. The summed E-state index contributed by atoms with van der Waals surface area (Å²) in [5.41, 5.74) is 1.54. The van der Waals surface area contributed by atoms with E-state index in [-0.39, 0.29) is 16.7 Å². The Balaban J connectivity index is 1.67. The van der Waals surface area contributed by atoms with Crippen LogP contribution in [0.1, 0.15) is 74.9 Å². The first-order chi connectivity index (χ1) is 15.6. The summed E-state index contributed by atoms with van der Waals surface area (Å²) >= 11 is 1.20. The Morgan fingerprint density at radius 1 is 1.09 bits per heavy atom. The molecule has 0 aliphatic heterocycles. The van der Waals surface area contributed by atoms with E-state index in [2.05, 4.69) is 12.2 Å². The SMILES string of the molecule is [2H]C1(O)CCC(C2(C(=O)Nc3c(C(=O)O)sc(-c4ccccc4)c3C)CCC(C)CC2)CC1. The van der Waals surface area contributed by atoms with Gasteiger partial charge in [-0.15, -0.1) is 11.3 Å². The third-order valence-electron chi connectivity index (χ3n) is 7.58. The lowest BCUT2D eigenvalue weighted by Gasteiger charge is -2.46. The summed E-state index contributed by atoms with van der Waals surface area (Å²) in [6, 6.07) is 9.65. The van der Waals surface area contributed by atoms with Crippen molar-refractivity contribution in [1.29, 1.82) is 0 Å². The van der Waals surface area contributed by atoms with Crippen molar-refractivity contribution in [2.75, 3.05) is 5.32 Å². The summed E-state index contributed by atoms with van der Waals surface area (Å²) in [6.07, 6.45) is 4.07. The van der Waals surface area contributed by atoms with E-state index < -0.39 is 17.5 Å². The maximum atomic E-state index is 13.9. The molecule has 2 aromatic rings. The number of aromatic carboxylic acids is 1. The van der Waals surface area contributed by atoms with Gasteiger partial charge in [-0.2, -0.15) is 0 Å². The number of anilines is 1. The van der Waals surface area contributed by atoms with Crippen LogP contribution in [0.4, 0.5) is 5.69 Å². The molecule has 6 heteroatoms. The van der Waals surface area contributed by atoms with E-state index in [1.807, 2.05) is 37.3 Å². The van der Waals surface area contributed by atoms with Gasteiger partial charge in [-0.25, -0.2) is 4.79 Å². The van der Waals surface area contributed by atoms with E-state index in [1.165, 1.54) is 11.3 Å². The fourth-order valence-electron chi connectivity index (χ4n) is 5.52. The molecule has 1 heterocycles. The van der Waals surface area contributed by atoms with Gasteiger partial charge in [0.15, 0.2) is 0 Å². The standard InChI is InChI=1S/C26H33NO4S/c1-16-12-14-26(15-13-16,19-8-10-20(28)11-9-19)25(31)27-21-17(2)22(32-23(21)24(29)30)18-6-4-3-5-7-18/h3-7,16,19-20,28H,8-15H2,1-2H3,(H,27,31)(H,29,30)/i20D. The third kappa shape index (κ3) is 4.35. The number of carbonyl (C=O) groups excluding carboxylic acids is 1. The molecular formula is C26H33NO4S. The summed E-state index contributed by atoms with van der Waals surface area (Å²) in [6.45, 7) is 4.08. The number of amides is 1. The number of carboxylic acids is 1. The Morgan fingerprint density at radius 2 is 1.72 bits per heavy atom. The molecule has 1 amide bonds. The van der Waals surface area contributed by atoms with Crippen LogP contribution in [0.15, 0.2) is 30.3 Å². The Bertz CT molecular complexity index is 1010. The van der Waals surface area contributed by atoms with Crippen molar-refractivity contribution < 1.29 is 21.2 Å². The van der Waals surface area contributed by atoms with Crippen LogP contribution in [-0.2, 0) is 4.79 Å². The molecular weight excluding hydrogens is 422 g/mol. The topological polar surface area (TPSA) is 86.6 Å². The van der Waals surface area contributed by atoms with E-state index in [0.29, 0.717) is 37.3 Å². The van der Waals surface area contributed by atoms with Crippen LogP contribution in [0.25, 0.3) is 10.4 Å². The van der Waals surface area contributed by atoms with Gasteiger partial charge in [0.05, 0.1) is 18.6 Å². The van der Waals surface area contributed by atoms with Gasteiger partial charge in [-0.05, 0) is 81.3 Å². The summed E-state index contributed by atoms with van der Waals surface area (Å²) in [7, 11) is 0. The number of hydrogen-bond acceptors (Lipinski definition) is 4. The Hall–Kier alpha value is -2.18. The number of nitrogens with one attached hydrogen (secondary N) is 1. The average molecular weight is 457 g/mol. The molecule has 0 unspecified atom stereocenters. The van der Waals surface area contributed by atoms with Crippen molar-refractivity contribution in [1.82, 2.24) is 0 Å². The van der Waals surface area contributed by atoms with Crippen molar-refractivity contribution in [3.8, 4) is 10.4 Å². The number of carboxylic acid groups (broad SMARTS) is 1. The first-order valence-electron chi connectivity index (χ1n) is 12.1. The number of hydrogen-bond donors (Lipinski definition) is 3. The quantitative estimate of drug-likeness (QED) is 0.507. The molecule has 2 aliphatic carbocycles. The van der Waals surface area contributed by atoms with Crippen LogP contribution < -0.4 is 5.32 Å². The molecule has 0 bridgehead atoms. The van der Waals surface area contributed by atoms with Gasteiger partial charge in [0.2, 0.25) is 5.91 Å². The minimum Gasteiger partial charge on any atom is -0.477 e. The lowest BCUT2D eigenvalue weighted by molar-refractivity contribution is -0.133. The van der Waals surface area contributed by atoms with Crippen molar-refractivity contribution in [3.63, 3.8) is 0 Å². The first-order valence-corrected chi connectivity index (χ1v) is 12.4. The highest BCUT2D eigenvalue weighted by molar-refractivity contribution is 7.18. The molecule has 0 spiro atoms.